The third-order valence-corrected chi connectivity index (χ3v) is 4.74. The van der Waals surface area contributed by atoms with Crippen molar-refractivity contribution in [1.82, 2.24) is 10.2 Å². The molecule has 98 valence electrons. The quantitative estimate of drug-likeness (QED) is 0.860. The van der Waals surface area contributed by atoms with Crippen LogP contribution in [0.3, 0.4) is 0 Å². The van der Waals surface area contributed by atoms with Gasteiger partial charge in [0, 0.05) is 31.7 Å². The third kappa shape index (κ3) is 2.08. The van der Waals surface area contributed by atoms with Crippen molar-refractivity contribution >= 4 is 0 Å². The van der Waals surface area contributed by atoms with Crippen LogP contribution in [0.4, 0.5) is 0 Å². The standard InChI is InChI=1S/C16H24N2/c1-14-4-6-15(7-5-14)16(8-2-3-9-16)18-12-10-17-11-13-18/h4-7,17H,2-3,8-13H2,1H3. The molecule has 1 N–H and O–H groups in total. The molecular formula is C16H24N2. The summed E-state index contributed by atoms with van der Waals surface area (Å²) >= 11 is 0. The van der Waals surface area contributed by atoms with Crippen LogP contribution in [0.15, 0.2) is 24.3 Å². The maximum Gasteiger partial charge on any atom is 0.0461 e. The molecule has 0 unspecified atom stereocenters. The van der Waals surface area contributed by atoms with Gasteiger partial charge in [-0.1, -0.05) is 42.7 Å². The fourth-order valence-corrected chi connectivity index (χ4v) is 3.70. The number of hydrogen-bond acceptors (Lipinski definition) is 2. The van der Waals surface area contributed by atoms with Gasteiger partial charge in [0.15, 0.2) is 0 Å². The molecule has 1 saturated heterocycles. The van der Waals surface area contributed by atoms with Gasteiger partial charge in [-0.05, 0) is 25.3 Å². The maximum atomic E-state index is 3.47. The summed E-state index contributed by atoms with van der Waals surface area (Å²) in [6.45, 7) is 6.87. The number of hydrogen-bond donors (Lipinski definition) is 1. The van der Waals surface area contributed by atoms with Gasteiger partial charge in [0.1, 0.15) is 0 Å². The van der Waals surface area contributed by atoms with Crippen molar-refractivity contribution < 1.29 is 0 Å². The highest BCUT2D eigenvalue weighted by molar-refractivity contribution is 5.29. The molecule has 0 atom stereocenters. The van der Waals surface area contributed by atoms with Crippen LogP contribution in [0, 0.1) is 6.92 Å². The zero-order valence-electron chi connectivity index (χ0n) is 11.4. The highest BCUT2D eigenvalue weighted by Gasteiger charge is 2.41. The number of piperazine rings is 1. The minimum atomic E-state index is 0.343. The summed E-state index contributed by atoms with van der Waals surface area (Å²) in [5.41, 5.74) is 3.26. The van der Waals surface area contributed by atoms with E-state index in [1.165, 1.54) is 44.3 Å². The lowest BCUT2D eigenvalue weighted by molar-refractivity contribution is 0.0757. The van der Waals surface area contributed by atoms with E-state index >= 15 is 0 Å². The summed E-state index contributed by atoms with van der Waals surface area (Å²) in [5.74, 6) is 0. The summed E-state index contributed by atoms with van der Waals surface area (Å²) in [5, 5.41) is 3.47. The Labute approximate surface area is 110 Å². The first-order chi connectivity index (χ1) is 8.81. The first-order valence-electron chi connectivity index (χ1n) is 7.34. The van der Waals surface area contributed by atoms with Gasteiger partial charge >= 0.3 is 0 Å². The van der Waals surface area contributed by atoms with Gasteiger partial charge in [0.05, 0.1) is 0 Å². The van der Waals surface area contributed by atoms with Crippen molar-refractivity contribution in [3.05, 3.63) is 35.4 Å². The van der Waals surface area contributed by atoms with Crippen LogP contribution in [0.25, 0.3) is 0 Å². The van der Waals surface area contributed by atoms with E-state index in [0.29, 0.717) is 5.54 Å². The van der Waals surface area contributed by atoms with E-state index in [2.05, 4.69) is 41.4 Å². The van der Waals surface area contributed by atoms with Gasteiger partial charge in [-0.3, -0.25) is 4.90 Å². The highest BCUT2D eigenvalue weighted by atomic mass is 15.2. The Morgan fingerprint density at radius 3 is 2.22 bits per heavy atom. The number of nitrogens with one attached hydrogen (secondary N) is 1. The number of rotatable bonds is 2. The molecule has 1 aromatic carbocycles. The zero-order chi connectivity index (χ0) is 12.4. The largest absolute Gasteiger partial charge is 0.314 e. The van der Waals surface area contributed by atoms with Gasteiger partial charge in [-0.15, -0.1) is 0 Å². The molecule has 1 aliphatic carbocycles. The predicted molar refractivity (Wildman–Crippen MR) is 75.8 cm³/mol. The molecular weight excluding hydrogens is 220 g/mol. The Bertz CT molecular complexity index is 384. The molecule has 2 heteroatoms. The van der Waals surface area contributed by atoms with Crippen molar-refractivity contribution in [3.63, 3.8) is 0 Å². The van der Waals surface area contributed by atoms with Crippen LogP contribution in [0.5, 0.6) is 0 Å². The van der Waals surface area contributed by atoms with E-state index in [1.807, 2.05) is 0 Å². The summed E-state index contributed by atoms with van der Waals surface area (Å²) < 4.78 is 0. The summed E-state index contributed by atoms with van der Waals surface area (Å²) in [7, 11) is 0. The van der Waals surface area contributed by atoms with Gasteiger partial charge in [0.25, 0.3) is 0 Å². The molecule has 1 saturated carbocycles. The van der Waals surface area contributed by atoms with Gasteiger partial charge in [-0.2, -0.15) is 0 Å². The zero-order valence-corrected chi connectivity index (χ0v) is 11.4. The monoisotopic (exact) mass is 244 g/mol. The average Bonchev–Trinajstić information content (AvgIpc) is 2.91. The fourth-order valence-electron chi connectivity index (χ4n) is 3.70. The Hall–Kier alpha value is -0.860. The van der Waals surface area contributed by atoms with Gasteiger partial charge < -0.3 is 5.32 Å². The van der Waals surface area contributed by atoms with E-state index in [-0.39, 0.29) is 0 Å². The molecule has 2 aliphatic rings. The Balaban J connectivity index is 1.92. The van der Waals surface area contributed by atoms with E-state index in [4.69, 9.17) is 0 Å². The minimum absolute atomic E-state index is 0.343. The molecule has 0 spiro atoms. The van der Waals surface area contributed by atoms with Crippen molar-refractivity contribution in [3.8, 4) is 0 Å². The molecule has 18 heavy (non-hydrogen) atoms. The lowest BCUT2D eigenvalue weighted by Crippen LogP contribution is -2.53. The van der Waals surface area contributed by atoms with Crippen LogP contribution < -0.4 is 5.32 Å². The lowest BCUT2D eigenvalue weighted by Gasteiger charge is -2.44. The predicted octanol–water partition coefficient (Wildman–Crippen LogP) is 2.67. The first-order valence-corrected chi connectivity index (χ1v) is 7.34. The molecule has 3 rings (SSSR count). The van der Waals surface area contributed by atoms with Crippen molar-refractivity contribution in [2.45, 2.75) is 38.1 Å². The average molecular weight is 244 g/mol. The second-order valence-electron chi connectivity index (χ2n) is 5.84. The van der Waals surface area contributed by atoms with E-state index in [1.54, 1.807) is 5.56 Å². The highest BCUT2D eigenvalue weighted by Crippen LogP contribution is 2.44. The number of nitrogens with zero attached hydrogens (tertiary/aromatic N) is 1. The third-order valence-electron chi connectivity index (χ3n) is 4.74. The number of aryl methyl sites for hydroxylation is 1. The normalized spacial score (nSPS) is 24.3. The molecule has 1 heterocycles. The fraction of sp³-hybridized carbons (Fsp3) is 0.625. The molecule has 2 nitrogen and oxygen atoms in total. The topological polar surface area (TPSA) is 15.3 Å². The van der Waals surface area contributed by atoms with Crippen molar-refractivity contribution in [1.29, 1.82) is 0 Å². The molecule has 0 radical (unpaired) electrons. The smallest absolute Gasteiger partial charge is 0.0461 e. The molecule has 1 aromatic rings. The molecule has 1 aliphatic heterocycles. The maximum absolute atomic E-state index is 3.47. The van der Waals surface area contributed by atoms with Crippen molar-refractivity contribution in [2.75, 3.05) is 26.2 Å². The van der Waals surface area contributed by atoms with E-state index in [9.17, 15) is 0 Å². The Morgan fingerprint density at radius 2 is 1.61 bits per heavy atom. The summed E-state index contributed by atoms with van der Waals surface area (Å²) in [4.78, 5) is 2.74. The minimum Gasteiger partial charge on any atom is -0.314 e. The second kappa shape index (κ2) is 5.02. The summed E-state index contributed by atoms with van der Waals surface area (Å²) in [6.07, 6.45) is 5.46. The lowest BCUT2D eigenvalue weighted by atomic mass is 9.85. The van der Waals surface area contributed by atoms with Crippen LogP contribution in [0.2, 0.25) is 0 Å². The Morgan fingerprint density at radius 1 is 1.00 bits per heavy atom. The van der Waals surface area contributed by atoms with E-state index in [0.717, 1.165) is 13.1 Å². The molecule has 2 fully saturated rings. The van der Waals surface area contributed by atoms with Crippen LogP contribution in [-0.4, -0.2) is 31.1 Å². The van der Waals surface area contributed by atoms with Crippen LogP contribution in [0.1, 0.15) is 36.8 Å². The molecule has 0 bridgehead atoms. The molecule has 0 amide bonds. The van der Waals surface area contributed by atoms with Gasteiger partial charge in [-0.25, -0.2) is 0 Å². The van der Waals surface area contributed by atoms with Gasteiger partial charge in [0.2, 0.25) is 0 Å². The van der Waals surface area contributed by atoms with E-state index < -0.39 is 0 Å². The van der Waals surface area contributed by atoms with Crippen LogP contribution >= 0.6 is 0 Å². The molecule has 0 aromatic heterocycles. The Kier molecular flexibility index (Phi) is 3.40. The second-order valence-corrected chi connectivity index (χ2v) is 5.84. The first kappa shape index (κ1) is 12.2. The SMILES string of the molecule is Cc1ccc(C2(N3CCNCC3)CCCC2)cc1. The number of benzene rings is 1. The van der Waals surface area contributed by atoms with Crippen LogP contribution in [-0.2, 0) is 5.54 Å². The van der Waals surface area contributed by atoms with Crippen molar-refractivity contribution in [2.24, 2.45) is 0 Å². The summed E-state index contributed by atoms with van der Waals surface area (Å²) in [6, 6.07) is 9.28.